The number of carbonyl (C=O) groups is 2. The highest BCUT2D eigenvalue weighted by molar-refractivity contribution is 5.83. The van der Waals surface area contributed by atoms with E-state index in [1.807, 2.05) is 40.0 Å². The van der Waals surface area contributed by atoms with Crippen LogP contribution in [-0.4, -0.2) is 43.4 Å². The minimum atomic E-state index is -0.541. The zero-order chi connectivity index (χ0) is 21.8. The first-order chi connectivity index (χ1) is 13.8. The Morgan fingerprint density at radius 3 is 2.72 bits per heavy atom. The second-order valence-corrected chi connectivity index (χ2v) is 7.56. The normalized spacial score (nSPS) is 14.1. The Bertz CT molecular complexity index is 756. The molecule has 1 aromatic carbocycles. The van der Waals surface area contributed by atoms with Crippen molar-refractivity contribution >= 4 is 17.9 Å². The lowest BCUT2D eigenvalue weighted by atomic mass is 9.97. The lowest BCUT2D eigenvalue weighted by molar-refractivity contribution is -0.125. The molecule has 0 saturated carbocycles. The van der Waals surface area contributed by atoms with Gasteiger partial charge in [0.1, 0.15) is 18.4 Å². The molecular weight excluding hydrogens is 371 g/mol. The molecule has 0 saturated heterocycles. The lowest BCUT2D eigenvalue weighted by Crippen LogP contribution is -2.44. The Hall–Kier alpha value is -2.88. The molecule has 1 aliphatic heterocycles. The fraction of sp³-hybridized carbons (Fsp3) is 0.500. The van der Waals surface area contributed by atoms with Gasteiger partial charge < -0.3 is 15.5 Å². The second-order valence-electron chi connectivity index (χ2n) is 7.56. The topological polar surface area (TPSA) is 85.2 Å². The lowest BCUT2D eigenvalue weighted by Gasteiger charge is -2.23. The highest BCUT2D eigenvalue weighted by Crippen LogP contribution is 2.26. The predicted molar refractivity (Wildman–Crippen MR) is 112 cm³/mol. The molecule has 1 heterocycles. The van der Waals surface area contributed by atoms with E-state index >= 15 is 0 Å². The van der Waals surface area contributed by atoms with E-state index in [9.17, 15) is 14.0 Å². The summed E-state index contributed by atoms with van der Waals surface area (Å²) >= 11 is 0. The maximum absolute atomic E-state index is 13.6. The van der Waals surface area contributed by atoms with Crippen molar-refractivity contribution in [3.8, 4) is 6.07 Å². The molecule has 0 radical (unpaired) electrons. The number of aryl methyl sites for hydroxylation is 1. The van der Waals surface area contributed by atoms with Crippen molar-refractivity contribution < 1.29 is 14.0 Å². The highest BCUT2D eigenvalue weighted by Gasteiger charge is 2.18. The van der Waals surface area contributed by atoms with Crippen LogP contribution in [0.15, 0.2) is 24.4 Å². The number of amides is 2. The Morgan fingerprint density at radius 1 is 1.41 bits per heavy atom. The van der Waals surface area contributed by atoms with Crippen molar-refractivity contribution in [1.82, 2.24) is 15.5 Å². The third-order valence-corrected chi connectivity index (χ3v) is 4.44. The number of nitrogens with zero attached hydrogens (tertiary/aromatic N) is 2. The maximum Gasteiger partial charge on any atom is 0.243 e. The third kappa shape index (κ3) is 8.77. The summed E-state index contributed by atoms with van der Waals surface area (Å²) in [4.78, 5) is 23.7. The van der Waals surface area contributed by atoms with Crippen LogP contribution in [0.4, 0.5) is 4.39 Å². The summed E-state index contributed by atoms with van der Waals surface area (Å²) in [7, 11) is 2.03. The molecule has 158 valence electrons. The van der Waals surface area contributed by atoms with Gasteiger partial charge in [-0.1, -0.05) is 25.5 Å². The standard InChI is InChI=1S/C13H16FN.C9H15N3O2/c1-10-5-6-13(14)12(8-10)11-4-3-7-15(2)9-11;1-7(2)5-8(12-6-13)9(14)11-4-3-10/h5-6,8-9H,3-4,7H2,1-2H3;6-8H,4-5H2,1-2H3,(H,11,14)(H,12,13). The van der Waals surface area contributed by atoms with Crippen LogP contribution in [0.2, 0.25) is 0 Å². The van der Waals surface area contributed by atoms with E-state index in [4.69, 9.17) is 5.26 Å². The Morgan fingerprint density at radius 2 is 2.14 bits per heavy atom. The van der Waals surface area contributed by atoms with Crippen molar-refractivity contribution in [2.24, 2.45) is 5.92 Å². The molecule has 29 heavy (non-hydrogen) atoms. The summed E-state index contributed by atoms with van der Waals surface area (Å²) in [5.74, 6) is -0.116. The largest absolute Gasteiger partial charge is 0.380 e. The number of halogens is 1. The van der Waals surface area contributed by atoms with Gasteiger partial charge in [-0.2, -0.15) is 5.26 Å². The average molecular weight is 403 g/mol. The van der Waals surface area contributed by atoms with Crippen LogP contribution >= 0.6 is 0 Å². The van der Waals surface area contributed by atoms with Gasteiger partial charge in [-0.05, 0) is 49.8 Å². The smallest absolute Gasteiger partial charge is 0.243 e. The molecule has 0 aliphatic carbocycles. The molecule has 0 aromatic heterocycles. The molecule has 1 aliphatic rings. The maximum atomic E-state index is 13.6. The first-order valence-corrected chi connectivity index (χ1v) is 9.80. The summed E-state index contributed by atoms with van der Waals surface area (Å²) in [6.07, 6.45) is 5.21. The summed E-state index contributed by atoms with van der Waals surface area (Å²) in [6.45, 7) is 6.94. The van der Waals surface area contributed by atoms with Crippen LogP contribution in [0.25, 0.3) is 5.57 Å². The zero-order valence-electron chi connectivity index (χ0n) is 17.7. The molecule has 6 nitrogen and oxygen atoms in total. The number of allylic oxidation sites excluding steroid dienone is 1. The number of hydrogen-bond donors (Lipinski definition) is 2. The van der Waals surface area contributed by atoms with Gasteiger partial charge in [0.25, 0.3) is 0 Å². The van der Waals surface area contributed by atoms with E-state index in [0.29, 0.717) is 18.7 Å². The molecule has 1 unspecified atom stereocenters. The van der Waals surface area contributed by atoms with Gasteiger partial charge in [-0.3, -0.25) is 9.59 Å². The first-order valence-electron chi connectivity index (χ1n) is 9.80. The van der Waals surface area contributed by atoms with Crippen LogP contribution in [0, 0.1) is 30.0 Å². The third-order valence-electron chi connectivity index (χ3n) is 4.44. The van der Waals surface area contributed by atoms with E-state index in [2.05, 4.69) is 21.7 Å². The number of nitrogens with one attached hydrogen (secondary N) is 2. The SMILES string of the molecule is CC(C)CC(NC=O)C(=O)NCC#N.Cc1ccc(F)c(C2=CN(C)CCC2)c1. The Kier molecular flexibility index (Phi) is 10.5. The Balaban J connectivity index is 0.000000291. The molecule has 1 aromatic rings. The van der Waals surface area contributed by atoms with Crippen LogP contribution in [-0.2, 0) is 9.59 Å². The molecule has 2 N–H and O–H groups in total. The number of rotatable bonds is 7. The quantitative estimate of drug-likeness (QED) is 0.542. The van der Waals surface area contributed by atoms with Gasteiger partial charge in [-0.15, -0.1) is 0 Å². The molecule has 0 fully saturated rings. The van der Waals surface area contributed by atoms with E-state index in [-0.39, 0.29) is 18.3 Å². The van der Waals surface area contributed by atoms with Crippen LogP contribution < -0.4 is 10.6 Å². The van der Waals surface area contributed by atoms with Crippen molar-refractivity contribution in [3.63, 3.8) is 0 Å². The predicted octanol–water partition coefficient (Wildman–Crippen LogP) is 2.99. The van der Waals surface area contributed by atoms with Crippen molar-refractivity contribution in [3.05, 3.63) is 41.3 Å². The monoisotopic (exact) mass is 402 g/mol. The zero-order valence-corrected chi connectivity index (χ0v) is 17.7. The van der Waals surface area contributed by atoms with E-state index in [1.54, 1.807) is 12.1 Å². The van der Waals surface area contributed by atoms with Crippen molar-refractivity contribution in [2.75, 3.05) is 20.1 Å². The summed E-state index contributed by atoms with van der Waals surface area (Å²) in [5.41, 5.74) is 2.99. The van der Waals surface area contributed by atoms with Gasteiger partial charge in [0.15, 0.2) is 0 Å². The number of hydrogen-bond acceptors (Lipinski definition) is 4. The van der Waals surface area contributed by atoms with Crippen LogP contribution in [0.3, 0.4) is 0 Å². The molecule has 0 spiro atoms. The van der Waals surface area contributed by atoms with Crippen LogP contribution in [0.5, 0.6) is 0 Å². The van der Waals surface area contributed by atoms with Crippen molar-refractivity contribution in [1.29, 1.82) is 5.26 Å². The minimum Gasteiger partial charge on any atom is -0.380 e. The van der Waals surface area contributed by atoms with E-state index in [0.717, 1.165) is 36.1 Å². The number of carbonyl (C=O) groups excluding carboxylic acids is 2. The minimum absolute atomic E-state index is 0.0338. The molecule has 0 bridgehead atoms. The fourth-order valence-corrected chi connectivity index (χ4v) is 3.06. The summed E-state index contributed by atoms with van der Waals surface area (Å²) < 4.78 is 13.6. The molecule has 7 heteroatoms. The number of nitriles is 1. The first kappa shape index (κ1) is 24.2. The fourth-order valence-electron chi connectivity index (χ4n) is 3.06. The molecular formula is C22H31FN4O2. The molecule has 2 rings (SSSR count). The average Bonchev–Trinajstić information content (AvgIpc) is 2.68. The van der Waals surface area contributed by atoms with Gasteiger partial charge >= 0.3 is 0 Å². The summed E-state index contributed by atoms with van der Waals surface area (Å²) in [5, 5.41) is 13.1. The van der Waals surface area contributed by atoms with Gasteiger partial charge in [0.05, 0.1) is 6.07 Å². The Labute approximate surface area is 172 Å². The highest BCUT2D eigenvalue weighted by atomic mass is 19.1. The van der Waals surface area contributed by atoms with E-state index in [1.165, 1.54) is 0 Å². The van der Waals surface area contributed by atoms with Crippen LogP contribution in [0.1, 0.15) is 44.2 Å². The summed E-state index contributed by atoms with van der Waals surface area (Å²) in [6, 6.07) is 6.56. The number of benzene rings is 1. The second kappa shape index (κ2) is 12.6. The molecule has 1 atom stereocenters. The van der Waals surface area contributed by atoms with Gasteiger partial charge in [0.2, 0.25) is 12.3 Å². The van der Waals surface area contributed by atoms with E-state index < -0.39 is 6.04 Å². The van der Waals surface area contributed by atoms with Gasteiger partial charge in [-0.25, -0.2) is 4.39 Å². The van der Waals surface area contributed by atoms with Gasteiger partial charge in [0, 0.05) is 25.4 Å². The molecule has 2 amide bonds. The van der Waals surface area contributed by atoms with Crippen molar-refractivity contribution in [2.45, 2.75) is 46.1 Å².